The molecule has 0 spiro atoms. The maximum Gasteiger partial charge on any atom is 0.303 e. The molecule has 0 aliphatic carbocycles. The van der Waals surface area contributed by atoms with Crippen LogP contribution in [0.5, 0.6) is 11.5 Å². The predicted molar refractivity (Wildman–Crippen MR) is 124 cm³/mol. The van der Waals surface area contributed by atoms with Crippen molar-refractivity contribution in [3.05, 3.63) is 58.7 Å². The maximum atomic E-state index is 10.7. The summed E-state index contributed by atoms with van der Waals surface area (Å²) in [4.78, 5) is 10.7. The van der Waals surface area contributed by atoms with E-state index in [4.69, 9.17) is 9.84 Å². The quantitative estimate of drug-likeness (QED) is 0.316. The van der Waals surface area contributed by atoms with Crippen molar-refractivity contribution in [2.75, 3.05) is 6.61 Å². The van der Waals surface area contributed by atoms with E-state index in [1.807, 2.05) is 31.2 Å². The third-order valence-electron chi connectivity index (χ3n) is 5.77. The summed E-state index contributed by atoms with van der Waals surface area (Å²) in [5, 5.41) is 58.2. The molecule has 1 saturated heterocycles. The van der Waals surface area contributed by atoms with Crippen LogP contribution in [0, 0.1) is 6.92 Å². The minimum atomic E-state index is -1.47. The van der Waals surface area contributed by atoms with E-state index in [9.17, 15) is 30.3 Å². The van der Waals surface area contributed by atoms with Crippen molar-refractivity contribution in [2.24, 2.45) is 0 Å². The van der Waals surface area contributed by atoms with Crippen molar-refractivity contribution in [2.45, 2.75) is 61.6 Å². The molecule has 1 aliphatic heterocycles. The van der Waals surface area contributed by atoms with E-state index in [1.54, 1.807) is 6.07 Å². The monoisotopic (exact) mass is 478 g/mol. The van der Waals surface area contributed by atoms with Crippen LogP contribution >= 0.6 is 11.8 Å². The molecule has 6 N–H and O–H groups in total. The number of carboxylic acids is 1. The average molecular weight is 479 g/mol. The highest BCUT2D eigenvalue weighted by molar-refractivity contribution is 8.00. The molecular weight excluding hydrogens is 448 g/mol. The SMILES string of the molecule is Cc1cc(O)cc(O[C@@H]2S[C@H](CO)[C@@H](O)[C@H](O)[C@H]2O)c1Cc1ccc(CCCC(=O)O)cc1. The van der Waals surface area contributed by atoms with Gasteiger partial charge in [0.05, 0.1) is 18.0 Å². The van der Waals surface area contributed by atoms with Crippen LogP contribution in [0.2, 0.25) is 0 Å². The molecule has 9 heteroatoms. The molecular formula is C24H30O8S. The summed E-state index contributed by atoms with van der Waals surface area (Å²) >= 11 is 1.03. The summed E-state index contributed by atoms with van der Waals surface area (Å²) in [7, 11) is 0. The molecule has 1 fully saturated rings. The first-order chi connectivity index (χ1) is 15.7. The minimum Gasteiger partial charge on any atom is -0.508 e. The number of carbonyl (C=O) groups is 1. The second-order valence-electron chi connectivity index (χ2n) is 8.30. The first-order valence-electron chi connectivity index (χ1n) is 10.8. The first-order valence-corrected chi connectivity index (χ1v) is 11.7. The number of hydrogen-bond donors (Lipinski definition) is 6. The largest absolute Gasteiger partial charge is 0.508 e. The minimum absolute atomic E-state index is 0.00498. The van der Waals surface area contributed by atoms with Crippen molar-refractivity contribution in [1.29, 1.82) is 0 Å². The zero-order valence-electron chi connectivity index (χ0n) is 18.3. The number of aryl methyl sites for hydroxylation is 2. The molecule has 33 heavy (non-hydrogen) atoms. The molecule has 1 aliphatic rings. The summed E-state index contributed by atoms with van der Waals surface area (Å²) in [5.74, 6) is -0.472. The zero-order chi connectivity index (χ0) is 24.1. The molecule has 0 amide bonds. The molecule has 180 valence electrons. The highest BCUT2D eigenvalue weighted by atomic mass is 32.2. The Morgan fingerprint density at radius 1 is 1.03 bits per heavy atom. The van der Waals surface area contributed by atoms with Crippen molar-refractivity contribution in [3.8, 4) is 11.5 Å². The topological polar surface area (TPSA) is 148 Å². The lowest BCUT2D eigenvalue weighted by atomic mass is 9.97. The molecule has 0 radical (unpaired) electrons. The normalized spacial score (nSPS) is 25.1. The molecule has 1 heterocycles. The van der Waals surface area contributed by atoms with Crippen LogP contribution in [-0.2, 0) is 17.6 Å². The van der Waals surface area contributed by atoms with E-state index < -0.39 is 35.0 Å². The summed E-state index contributed by atoms with van der Waals surface area (Å²) in [6.45, 7) is 1.45. The number of benzene rings is 2. The fourth-order valence-electron chi connectivity index (χ4n) is 3.86. The Morgan fingerprint density at radius 2 is 1.70 bits per heavy atom. The van der Waals surface area contributed by atoms with Crippen LogP contribution < -0.4 is 4.74 Å². The number of rotatable bonds is 9. The standard InChI is InChI=1S/C24H30O8S/c1-13-9-16(26)11-18(32-24-23(31)22(30)21(29)19(12-25)33-24)17(13)10-15-7-5-14(6-8-15)3-2-4-20(27)28/h5-9,11,19,21-26,29-31H,2-4,10,12H2,1H3,(H,27,28)/t19-,21-,22+,23-,24-/m1/s1. The Kier molecular flexibility index (Phi) is 8.61. The van der Waals surface area contributed by atoms with Gasteiger partial charge in [0.1, 0.15) is 23.7 Å². The lowest BCUT2D eigenvalue weighted by molar-refractivity contribution is -0.137. The van der Waals surface area contributed by atoms with E-state index in [1.165, 1.54) is 6.07 Å². The summed E-state index contributed by atoms with van der Waals surface area (Å²) < 4.78 is 6.00. The van der Waals surface area contributed by atoms with Crippen molar-refractivity contribution >= 4 is 17.7 Å². The molecule has 0 bridgehead atoms. The Labute approximate surface area is 196 Å². The molecule has 0 aromatic heterocycles. The molecule has 3 rings (SSSR count). The van der Waals surface area contributed by atoms with E-state index in [0.717, 1.165) is 34.0 Å². The van der Waals surface area contributed by atoms with Gasteiger partial charge in [0.15, 0.2) is 5.44 Å². The molecule has 2 aromatic rings. The van der Waals surface area contributed by atoms with Crippen LogP contribution in [-0.4, -0.2) is 72.2 Å². The van der Waals surface area contributed by atoms with Gasteiger partial charge < -0.3 is 35.4 Å². The van der Waals surface area contributed by atoms with Gasteiger partial charge in [-0.05, 0) is 42.5 Å². The third kappa shape index (κ3) is 6.39. The van der Waals surface area contributed by atoms with Crippen molar-refractivity contribution in [3.63, 3.8) is 0 Å². The van der Waals surface area contributed by atoms with Crippen LogP contribution in [0.1, 0.15) is 35.1 Å². The number of hydrogen-bond acceptors (Lipinski definition) is 8. The summed E-state index contributed by atoms with van der Waals surface area (Å²) in [5.41, 5.74) is 2.65. The Balaban J connectivity index is 1.78. The molecule has 0 unspecified atom stereocenters. The molecule has 8 nitrogen and oxygen atoms in total. The number of carboxylic acid groups (broad SMARTS) is 1. The predicted octanol–water partition coefficient (Wildman–Crippen LogP) is 1.59. The Morgan fingerprint density at radius 3 is 2.33 bits per heavy atom. The van der Waals surface area contributed by atoms with E-state index in [2.05, 4.69) is 0 Å². The van der Waals surface area contributed by atoms with E-state index >= 15 is 0 Å². The Hall–Kier alpha value is -2.30. The van der Waals surface area contributed by atoms with Crippen LogP contribution in [0.3, 0.4) is 0 Å². The smallest absolute Gasteiger partial charge is 0.303 e. The summed E-state index contributed by atoms with van der Waals surface area (Å²) in [6, 6.07) is 10.9. The van der Waals surface area contributed by atoms with Gasteiger partial charge in [-0.2, -0.15) is 0 Å². The molecule has 5 atom stereocenters. The van der Waals surface area contributed by atoms with Gasteiger partial charge in [0.25, 0.3) is 0 Å². The fraction of sp³-hybridized carbons (Fsp3) is 0.458. The highest BCUT2D eigenvalue weighted by Gasteiger charge is 2.44. The first kappa shape index (κ1) is 25.3. The number of aliphatic hydroxyl groups excluding tert-OH is 4. The van der Waals surface area contributed by atoms with Crippen LogP contribution in [0.15, 0.2) is 36.4 Å². The number of aliphatic hydroxyl groups is 4. The second kappa shape index (κ2) is 11.2. The van der Waals surface area contributed by atoms with Gasteiger partial charge in [-0.25, -0.2) is 0 Å². The van der Waals surface area contributed by atoms with Gasteiger partial charge in [-0.1, -0.05) is 24.3 Å². The fourth-order valence-corrected chi connectivity index (χ4v) is 5.09. The zero-order valence-corrected chi connectivity index (χ0v) is 19.1. The van der Waals surface area contributed by atoms with E-state index in [0.29, 0.717) is 25.0 Å². The molecule has 0 saturated carbocycles. The van der Waals surface area contributed by atoms with E-state index in [-0.39, 0.29) is 18.8 Å². The van der Waals surface area contributed by atoms with Gasteiger partial charge in [0.2, 0.25) is 0 Å². The van der Waals surface area contributed by atoms with Gasteiger partial charge in [0, 0.05) is 24.5 Å². The number of phenols is 1. The maximum absolute atomic E-state index is 10.7. The van der Waals surface area contributed by atoms with Crippen molar-refractivity contribution < 1.29 is 40.2 Å². The third-order valence-corrected chi connectivity index (χ3v) is 7.19. The van der Waals surface area contributed by atoms with Gasteiger partial charge in [-0.15, -0.1) is 11.8 Å². The summed E-state index contributed by atoms with van der Waals surface area (Å²) in [6.07, 6.45) is -2.27. The lowest BCUT2D eigenvalue weighted by Gasteiger charge is -2.39. The number of aliphatic carboxylic acids is 1. The number of ether oxygens (including phenoxy) is 1. The number of thioether (sulfide) groups is 1. The number of aromatic hydroxyl groups is 1. The second-order valence-corrected chi connectivity index (χ2v) is 9.64. The van der Waals surface area contributed by atoms with Crippen LogP contribution in [0.4, 0.5) is 0 Å². The lowest BCUT2D eigenvalue weighted by Crippen LogP contribution is -2.55. The van der Waals surface area contributed by atoms with Crippen molar-refractivity contribution in [1.82, 2.24) is 0 Å². The molecule has 2 aromatic carbocycles. The highest BCUT2D eigenvalue weighted by Crippen LogP contribution is 2.37. The van der Waals surface area contributed by atoms with Crippen LogP contribution in [0.25, 0.3) is 0 Å². The average Bonchev–Trinajstić information content (AvgIpc) is 2.77. The van der Waals surface area contributed by atoms with Gasteiger partial charge in [-0.3, -0.25) is 4.79 Å². The Bertz CT molecular complexity index is 946. The van der Waals surface area contributed by atoms with Gasteiger partial charge >= 0.3 is 5.97 Å². The number of phenolic OH excluding ortho intramolecular Hbond substituents is 1.